The molecule has 21 heavy (non-hydrogen) atoms. The van der Waals surface area contributed by atoms with Gasteiger partial charge < -0.3 is 10.6 Å². The molecule has 1 aliphatic heterocycles. The molecule has 0 aliphatic carbocycles. The Hall–Kier alpha value is -1.14. The Balaban J connectivity index is 2.12. The van der Waals surface area contributed by atoms with Gasteiger partial charge in [0.2, 0.25) is 5.91 Å². The van der Waals surface area contributed by atoms with E-state index < -0.39 is 5.91 Å². The first-order valence-electron chi connectivity index (χ1n) is 6.91. The summed E-state index contributed by atoms with van der Waals surface area (Å²) in [6.45, 7) is 3.70. The Bertz CT molecular complexity index is 511. The molecule has 2 rings (SSSR count). The van der Waals surface area contributed by atoms with Crippen LogP contribution in [0.3, 0.4) is 0 Å². The van der Waals surface area contributed by atoms with Crippen molar-refractivity contribution in [3.8, 4) is 0 Å². The highest BCUT2D eigenvalue weighted by Gasteiger charge is 2.22. The fraction of sp³-hybridized carbons (Fsp3) is 0.467. The lowest BCUT2D eigenvalue weighted by atomic mass is 10.1. The van der Waals surface area contributed by atoms with E-state index in [0.29, 0.717) is 10.1 Å². The summed E-state index contributed by atoms with van der Waals surface area (Å²) in [4.78, 5) is 25.1. The van der Waals surface area contributed by atoms with Crippen molar-refractivity contribution in [3.63, 3.8) is 0 Å². The molecule has 1 aromatic rings. The van der Waals surface area contributed by atoms with Crippen LogP contribution >= 0.6 is 23.5 Å². The second-order valence-corrected chi connectivity index (χ2v) is 7.91. The summed E-state index contributed by atoms with van der Waals surface area (Å²) in [5.74, 6) is 1.71. The lowest BCUT2D eigenvalue weighted by Crippen LogP contribution is -2.42. The van der Waals surface area contributed by atoms with E-state index in [9.17, 15) is 9.59 Å². The maximum absolute atomic E-state index is 12.5. The average molecular weight is 324 g/mol. The molecule has 114 valence electrons. The predicted molar refractivity (Wildman–Crippen MR) is 89.5 cm³/mol. The van der Waals surface area contributed by atoms with Crippen molar-refractivity contribution in [3.05, 3.63) is 35.4 Å². The van der Waals surface area contributed by atoms with Crippen LogP contribution < -0.4 is 5.73 Å². The van der Waals surface area contributed by atoms with E-state index in [1.54, 1.807) is 0 Å². The molecule has 4 nitrogen and oxygen atoms in total. The Morgan fingerprint density at radius 1 is 1.24 bits per heavy atom. The first-order valence-corrected chi connectivity index (χ1v) is 9.01. The molecule has 2 N–H and O–H groups in total. The number of primary amides is 1. The zero-order valence-electron chi connectivity index (χ0n) is 12.2. The molecule has 1 saturated heterocycles. The highest BCUT2D eigenvalue weighted by atomic mass is 32.2. The first kappa shape index (κ1) is 16.2. The summed E-state index contributed by atoms with van der Waals surface area (Å²) in [6, 6.07) is 7.63. The van der Waals surface area contributed by atoms with Gasteiger partial charge >= 0.3 is 0 Å². The molecule has 0 unspecified atom stereocenters. The smallest absolute Gasteiger partial charge is 0.254 e. The first-order chi connectivity index (χ1) is 9.99. The molecule has 0 bridgehead atoms. The van der Waals surface area contributed by atoms with Crippen molar-refractivity contribution in [2.45, 2.75) is 24.5 Å². The third-order valence-electron chi connectivity index (χ3n) is 3.26. The molecule has 0 radical (unpaired) electrons. The highest BCUT2D eigenvalue weighted by molar-refractivity contribution is 8.19. The third kappa shape index (κ3) is 4.17. The zero-order valence-corrected chi connectivity index (χ0v) is 13.9. The number of nitrogens with two attached hydrogens (primary N) is 1. The number of amides is 2. The predicted octanol–water partition coefficient (Wildman–Crippen LogP) is 2.50. The van der Waals surface area contributed by atoms with Crippen molar-refractivity contribution in [1.82, 2.24) is 4.90 Å². The van der Waals surface area contributed by atoms with E-state index in [4.69, 9.17) is 5.73 Å². The lowest BCUT2D eigenvalue weighted by Gasteiger charge is -2.25. The normalized spacial score (nSPS) is 15.4. The van der Waals surface area contributed by atoms with Crippen LogP contribution in [0.1, 0.15) is 34.4 Å². The Labute approximate surface area is 133 Å². The third-order valence-corrected chi connectivity index (χ3v) is 6.37. The van der Waals surface area contributed by atoms with Gasteiger partial charge in [-0.3, -0.25) is 9.59 Å². The Morgan fingerprint density at radius 3 is 2.29 bits per heavy atom. The van der Waals surface area contributed by atoms with Crippen LogP contribution in [0, 0.1) is 0 Å². The van der Waals surface area contributed by atoms with Gasteiger partial charge in [0, 0.05) is 23.1 Å². The van der Waals surface area contributed by atoms with Gasteiger partial charge in [0.05, 0.1) is 11.1 Å². The number of benzene rings is 1. The van der Waals surface area contributed by atoms with E-state index in [1.807, 2.05) is 61.6 Å². The molecule has 1 heterocycles. The second kappa shape index (κ2) is 7.22. The van der Waals surface area contributed by atoms with Gasteiger partial charge in [-0.15, -0.1) is 23.5 Å². The van der Waals surface area contributed by atoms with Crippen LogP contribution in [-0.4, -0.2) is 40.8 Å². The van der Waals surface area contributed by atoms with E-state index in [0.717, 1.165) is 0 Å². The van der Waals surface area contributed by atoms with Crippen molar-refractivity contribution in [2.24, 2.45) is 5.73 Å². The maximum atomic E-state index is 12.5. The summed E-state index contributed by atoms with van der Waals surface area (Å²) in [5.41, 5.74) is 7.06. The molecule has 6 heteroatoms. The van der Waals surface area contributed by atoms with Crippen LogP contribution in [-0.2, 0) is 4.79 Å². The summed E-state index contributed by atoms with van der Waals surface area (Å²) < 4.78 is 0.473. The molecule has 0 aromatic heterocycles. The van der Waals surface area contributed by atoms with Crippen molar-refractivity contribution in [1.29, 1.82) is 0 Å². The largest absolute Gasteiger partial charge is 0.368 e. The Kier molecular flexibility index (Phi) is 5.58. The second-order valence-electron chi connectivity index (χ2n) is 5.19. The topological polar surface area (TPSA) is 63.4 Å². The standard InChI is InChI=1S/C15H20N2O2S2/c1-10(2)17(9-13(16)18)14(19)11-3-5-12(6-4-11)15-20-7-8-21-15/h3-6,10,15H,7-9H2,1-2H3,(H2,16,18). The average Bonchev–Trinajstić information content (AvgIpc) is 2.98. The van der Waals surface area contributed by atoms with Gasteiger partial charge in [0.25, 0.3) is 5.91 Å². The number of carbonyl (C=O) groups is 2. The fourth-order valence-corrected chi connectivity index (χ4v) is 5.02. The van der Waals surface area contributed by atoms with Crippen LogP contribution in [0.2, 0.25) is 0 Å². The minimum absolute atomic E-state index is 0.0490. The molecule has 1 aliphatic rings. The van der Waals surface area contributed by atoms with Gasteiger partial charge in [0.1, 0.15) is 0 Å². The van der Waals surface area contributed by atoms with Crippen LogP contribution in [0.5, 0.6) is 0 Å². The quantitative estimate of drug-likeness (QED) is 0.904. The Morgan fingerprint density at radius 2 is 1.81 bits per heavy atom. The fourth-order valence-electron chi connectivity index (χ4n) is 2.16. The van der Waals surface area contributed by atoms with Gasteiger partial charge in [-0.25, -0.2) is 0 Å². The molecule has 1 fully saturated rings. The molecule has 1 aromatic carbocycles. The number of hydrogen-bond acceptors (Lipinski definition) is 4. The minimum Gasteiger partial charge on any atom is -0.368 e. The van der Waals surface area contributed by atoms with Gasteiger partial charge in [-0.05, 0) is 31.5 Å². The highest BCUT2D eigenvalue weighted by Crippen LogP contribution is 2.45. The number of rotatable bonds is 5. The number of carbonyl (C=O) groups excluding carboxylic acids is 2. The van der Waals surface area contributed by atoms with Crippen molar-refractivity contribution < 1.29 is 9.59 Å². The molecule has 2 amide bonds. The van der Waals surface area contributed by atoms with E-state index in [2.05, 4.69) is 0 Å². The minimum atomic E-state index is -0.493. The zero-order chi connectivity index (χ0) is 15.4. The van der Waals surface area contributed by atoms with Crippen LogP contribution in [0.4, 0.5) is 0 Å². The number of thioether (sulfide) groups is 2. The summed E-state index contributed by atoms with van der Waals surface area (Å²) >= 11 is 3.87. The van der Waals surface area contributed by atoms with Crippen molar-refractivity contribution in [2.75, 3.05) is 18.1 Å². The van der Waals surface area contributed by atoms with Crippen LogP contribution in [0.25, 0.3) is 0 Å². The van der Waals surface area contributed by atoms with E-state index in [-0.39, 0.29) is 18.5 Å². The molecule has 0 spiro atoms. The SMILES string of the molecule is CC(C)N(CC(N)=O)C(=O)c1ccc(C2SCCS2)cc1. The van der Waals surface area contributed by atoms with Gasteiger partial charge in [0.15, 0.2) is 0 Å². The number of nitrogens with zero attached hydrogens (tertiary/aromatic N) is 1. The molecular formula is C15H20N2O2S2. The lowest BCUT2D eigenvalue weighted by molar-refractivity contribution is -0.119. The summed E-state index contributed by atoms with van der Waals surface area (Å²) in [6.07, 6.45) is 0. The van der Waals surface area contributed by atoms with E-state index >= 15 is 0 Å². The molecular weight excluding hydrogens is 304 g/mol. The van der Waals surface area contributed by atoms with E-state index in [1.165, 1.54) is 22.0 Å². The molecule has 0 saturated carbocycles. The maximum Gasteiger partial charge on any atom is 0.254 e. The summed E-state index contributed by atoms with van der Waals surface area (Å²) in [7, 11) is 0. The van der Waals surface area contributed by atoms with Gasteiger partial charge in [-0.1, -0.05) is 12.1 Å². The summed E-state index contributed by atoms with van der Waals surface area (Å²) in [5, 5.41) is 0. The molecule has 0 atom stereocenters. The monoisotopic (exact) mass is 324 g/mol. The number of hydrogen-bond donors (Lipinski definition) is 1. The van der Waals surface area contributed by atoms with Crippen LogP contribution in [0.15, 0.2) is 24.3 Å². The van der Waals surface area contributed by atoms with Gasteiger partial charge in [-0.2, -0.15) is 0 Å². The van der Waals surface area contributed by atoms with Crippen molar-refractivity contribution >= 4 is 35.3 Å².